The number of nitrogens with one attached hydrogen (secondary N) is 3. The highest BCUT2D eigenvalue weighted by molar-refractivity contribution is 6.33. The molecule has 3 N–H and O–H groups in total. The number of nitrogens with zero attached hydrogens (tertiary/aromatic N) is 4. The van der Waals surface area contributed by atoms with Gasteiger partial charge in [-0.3, -0.25) is 4.79 Å². The number of allylic oxidation sites excluding steroid dienone is 2. The number of amides is 3. The minimum absolute atomic E-state index is 0.217. The molecule has 2 heterocycles. The van der Waals surface area contributed by atoms with Crippen LogP contribution in [0.4, 0.5) is 10.5 Å². The fourth-order valence-electron chi connectivity index (χ4n) is 4.73. The zero-order chi connectivity index (χ0) is 25.0. The van der Waals surface area contributed by atoms with Gasteiger partial charge in [-0.1, -0.05) is 71.4 Å². The number of hydrogen-bond acceptors (Lipinski definition) is 5. The number of hydrogen-bond donors (Lipinski definition) is 3. The molecular weight excluding hydrogens is 478 g/mol. The van der Waals surface area contributed by atoms with Gasteiger partial charge in [0.1, 0.15) is 0 Å². The number of likely N-dealkylation sites (tertiary alicyclic amines) is 1. The Balaban J connectivity index is 1.56. The monoisotopic (exact) mass is 503 g/mol. The topological polar surface area (TPSA) is 116 Å². The number of rotatable bonds is 5. The summed E-state index contributed by atoms with van der Waals surface area (Å²) in [5.74, 6) is -0.620. The molecule has 2 unspecified atom stereocenters. The van der Waals surface area contributed by atoms with E-state index in [9.17, 15) is 9.59 Å². The van der Waals surface area contributed by atoms with Gasteiger partial charge in [-0.2, -0.15) is 5.21 Å². The van der Waals surface area contributed by atoms with Gasteiger partial charge in [-0.15, -0.1) is 10.2 Å². The number of H-pyrrole nitrogens is 1. The molecule has 2 aliphatic rings. The van der Waals surface area contributed by atoms with Crippen molar-refractivity contribution in [3.8, 4) is 0 Å². The molecule has 5 rings (SSSR count). The Bertz CT molecular complexity index is 1290. The average Bonchev–Trinajstić information content (AvgIpc) is 3.45. The summed E-state index contributed by atoms with van der Waals surface area (Å²) in [6.07, 6.45) is 8.42. The van der Waals surface area contributed by atoms with E-state index in [-0.39, 0.29) is 5.91 Å². The molecule has 36 heavy (non-hydrogen) atoms. The number of tetrazole rings is 1. The molecule has 184 valence electrons. The van der Waals surface area contributed by atoms with Crippen LogP contribution in [0.15, 0.2) is 72.8 Å². The molecule has 2 aromatic carbocycles. The predicted molar refractivity (Wildman–Crippen MR) is 137 cm³/mol. The second kappa shape index (κ2) is 10.3. The molecule has 2 atom stereocenters. The highest BCUT2D eigenvalue weighted by atomic mass is 35.5. The number of carbonyl (C=O) groups is 2. The molecule has 0 saturated carbocycles. The van der Waals surface area contributed by atoms with Crippen LogP contribution < -0.4 is 10.6 Å². The summed E-state index contributed by atoms with van der Waals surface area (Å²) in [6, 6.07) is 16.2. The lowest BCUT2D eigenvalue weighted by molar-refractivity contribution is -0.137. The Morgan fingerprint density at radius 2 is 1.78 bits per heavy atom. The van der Waals surface area contributed by atoms with Crippen LogP contribution in [0.3, 0.4) is 0 Å². The summed E-state index contributed by atoms with van der Waals surface area (Å²) in [5.41, 5.74) is 0.835. The lowest BCUT2D eigenvalue weighted by Gasteiger charge is -2.41. The van der Waals surface area contributed by atoms with Gasteiger partial charge in [0, 0.05) is 13.1 Å². The first-order valence-corrected chi connectivity index (χ1v) is 12.3. The van der Waals surface area contributed by atoms with Gasteiger partial charge >= 0.3 is 6.03 Å². The van der Waals surface area contributed by atoms with Gasteiger partial charge in [-0.05, 0) is 48.6 Å². The van der Waals surface area contributed by atoms with E-state index < -0.39 is 17.5 Å². The van der Waals surface area contributed by atoms with E-state index in [0.717, 1.165) is 30.4 Å². The Kier molecular flexibility index (Phi) is 6.81. The minimum atomic E-state index is -1.47. The van der Waals surface area contributed by atoms with Crippen molar-refractivity contribution >= 4 is 34.8 Å². The largest absolute Gasteiger partial charge is 0.340 e. The van der Waals surface area contributed by atoms with Crippen LogP contribution in [0.2, 0.25) is 5.02 Å². The number of aromatic nitrogens is 4. The number of carbonyl (C=O) groups excluding carboxylic acids is 2. The highest BCUT2D eigenvalue weighted by Gasteiger charge is 2.50. The predicted octanol–water partition coefficient (Wildman–Crippen LogP) is 4.16. The van der Waals surface area contributed by atoms with Gasteiger partial charge in [-0.25, -0.2) is 4.79 Å². The summed E-state index contributed by atoms with van der Waals surface area (Å²) >= 11 is 6.25. The van der Waals surface area contributed by atoms with Crippen molar-refractivity contribution < 1.29 is 9.59 Å². The molecule has 0 radical (unpaired) electrons. The normalized spacial score (nSPS) is 21.5. The van der Waals surface area contributed by atoms with Gasteiger partial charge in [0.05, 0.1) is 16.6 Å². The number of aromatic amines is 1. The Morgan fingerprint density at radius 1 is 1.03 bits per heavy atom. The number of piperidine rings is 1. The number of halogens is 1. The minimum Gasteiger partial charge on any atom is -0.340 e. The fourth-order valence-corrected chi connectivity index (χ4v) is 4.92. The van der Waals surface area contributed by atoms with Crippen molar-refractivity contribution in [1.29, 1.82) is 0 Å². The molecule has 1 saturated heterocycles. The van der Waals surface area contributed by atoms with Crippen molar-refractivity contribution in [1.82, 2.24) is 30.8 Å². The third-order valence-corrected chi connectivity index (χ3v) is 6.88. The molecule has 3 amide bonds. The van der Waals surface area contributed by atoms with E-state index in [4.69, 9.17) is 11.6 Å². The first kappa shape index (κ1) is 23.7. The molecule has 0 spiro atoms. The van der Waals surface area contributed by atoms with E-state index in [1.165, 1.54) is 0 Å². The maximum Gasteiger partial charge on any atom is 0.320 e. The van der Waals surface area contributed by atoms with E-state index in [1.807, 2.05) is 42.5 Å². The molecular formula is C26H26ClN7O2. The summed E-state index contributed by atoms with van der Waals surface area (Å²) in [6.45, 7) is 1.24. The van der Waals surface area contributed by atoms with Crippen molar-refractivity contribution in [3.05, 3.63) is 89.2 Å². The summed E-state index contributed by atoms with van der Waals surface area (Å²) in [7, 11) is 0. The SMILES string of the molecule is O=C(Nc1ccccc1Cl)NC1(C(=O)N2CCCCC2)C=CC(c2ccccc2)=CC1c1nn[nH]n1. The second-order valence-electron chi connectivity index (χ2n) is 8.85. The second-order valence-corrected chi connectivity index (χ2v) is 9.26. The van der Waals surface area contributed by atoms with Gasteiger partial charge in [0.2, 0.25) is 0 Å². The molecule has 10 heteroatoms. The van der Waals surface area contributed by atoms with Crippen molar-refractivity contribution in [2.24, 2.45) is 0 Å². The van der Waals surface area contributed by atoms with E-state index >= 15 is 0 Å². The fraction of sp³-hybridized carbons (Fsp3) is 0.269. The molecule has 9 nitrogen and oxygen atoms in total. The maximum absolute atomic E-state index is 14.2. The van der Waals surface area contributed by atoms with Crippen LogP contribution in [0.1, 0.15) is 36.6 Å². The summed E-state index contributed by atoms with van der Waals surface area (Å²) in [4.78, 5) is 29.3. The number of benzene rings is 2. The van der Waals surface area contributed by atoms with E-state index in [2.05, 4.69) is 31.3 Å². The number of para-hydroxylation sites is 1. The lowest BCUT2D eigenvalue weighted by Crippen LogP contribution is -2.63. The Hall–Kier alpha value is -3.98. The molecule has 1 aromatic heterocycles. The molecule has 3 aromatic rings. The first-order chi connectivity index (χ1) is 17.6. The number of anilines is 1. The van der Waals surface area contributed by atoms with E-state index in [0.29, 0.717) is 29.6 Å². The van der Waals surface area contributed by atoms with Gasteiger partial charge in [0.25, 0.3) is 5.91 Å². The third-order valence-electron chi connectivity index (χ3n) is 6.55. The standard InChI is InChI=1S/C26H26ClN7O2/c27-21-11-5-6-12-22(21)28-25(36)29-26(24(35)34-15-7-2-8-16-34)14-13-19(18-9-3-1-4-10-18)17-20(26)23-30-32-33-31-23/h1,3-6,9-14,17,20H,2,7-8,15-16H2,(H2,28,29,36)(H,30,31,32,33). The van der Waals surface area contributed by atoms with Crippen LogP contribution in [0.5, 0.6) is 0 Å². The molecule has 1 fully saturated rings. The van der Waals surface area contributed by atoms with Crippen LogP contribution in [-0.2, 0) is 4.79 Å². The number of urea groups is 1. The van der Waals surface area contributed by atoms with Crippen LogP contribution in [0, 0.1) is 0 Å². The first-order valence-electron chi connectivity index (χ1n) is 11.9. The molecule has 0 bridgehead atoms. The van der Waals surface area contributed by atoms with Gasteiger partial charge < -0.3 is 15.5 Å². The third kappa shape index (κ3) is 4.74. The summed E-state index contributed by atoms with van der Waals surface area (Å²) < 4.78 is 0. The molecule has 1 aliphatic heterocycles. The summed E-state index contributed by atoms with van der Waals surface area (Å²) in [5, 5.41) is 20.8. The van der Waals surface area contributed by atoms with Crippen molar-refractivity contribution in [3.63, 3.8) is 0 Å². The Morgan fingerprint density at radius 3 is 2.50 bits per heavy atom. The van der Waals surface area contributed by atoms with Crippen LogP contribution in [0.25, 0.3) is 5.57 Å². The van der Waals surface area contributed by atoms with Crippen molar-refractivity contribution in [2.45, 2.75) is 30.7 Å². The zero-order valence-corrected chi connectivity index (χ0v) is 20.3. The lowest BCUT2D eigenvalue weighted by atomic mass is 9.75. The van der Waals surface area contributed by atoms with Crippen LogP contribution >= 0.6 is 11.6 Å². The average molecular weight is 504 g/mol. The maximum atomic E-state index is 14.2. The smallest absolute Gasteiger partial charge is 0.320 e. The van der Waals surface area contributed by atoms with Crippen LogP contribution in [-0.4, -0.2) is 56.1 Å². The van der Waals surface area contributed by atoms with E-state index in [1.54, 1.807) is 35.2 Å². The highest BCUT2D eigenvalue weighted by Crippen LogP contribution is 2.39. The quantitative estimate of drug-likeness (QED) is 0.483. The van der Waals surface area contributed by atoms with Crippen molar-refractivity contribution in [2.75, 3.05) is 18.4 Å². The molecule has 1 aliphatic carbocycles. The van der Waals surface area contributed by atoms with Gasteiger partial charge in [0.15, 0.2) is 11.4 Å². The zero-order valence-electron chi connectivity index (χ0n) is 19.5. The Labute approximate surface area is 213 Å².